The minimum atomic E-state index is -4.39. The molecule has 1 aromatic rings. The third-order valence-electron chi connectivity index (χ3n) is 3.21. The first-order valence-electron chi connectivity index (χ1n) is 6.44. The predicted octanol–water partition coefficient (Wildman–Crippen LogP) is 4.00. The Morgan fingerprint density at radius 3 is 2.55 bits per heavy atom. The number of hydrogen-bond donors (Lipinski definition) is 0. The van der Waals surface area contributed by atoms with Gasteiger partial charge in [-0.2, -0.15) is 13.2 Å². The zero-order valence-corrected chi connectivity index (χ0v) is 12.8. The highest BCUT2D eigenvalue weighted by atomic mass is 79.9. The number of carbonyl (C=O) groups is 1. The Hall–Kier alpha value is -0.980. The van der Waals surface area contributed by atoms with Crippen molar-refractivity contribution in [3.8, 4) is 0 Å². The van der Waals surface area contributed by atoms with E-state index in [0.29, 0.717) is 10.2 Å². The SMILES string of the molecule is CC(C)N(CC(F)(F)F)C(=O)c1cc(Br)cn1C1CC1. The second-order valence-electron chi connectivity index (χ2n) is 5.32. The van der Waals surface area contributed by atoms with Crippen molar-refractivity contribution in [3.05, 3.63) is 22.4 Å². The first-order chi connectivity index (χ1) is 9.19. The molecule has 0 atom stereocenters. The largest absolute Gasteiger partial charge is 0.406 e. The Kier molecular flexibility index (Phi) is 4.18. The topological polar surface area (TPSA) is 25.2 Å². The van der Waals surface area contributed by atoms with Crippen molar-refractivity contribution in [1.29, 1.82) is 0 Å². The van der Waals surface area contributed by atoms with Crippen LogP contribution in [-0.4, -0.2) is 34.1 Å². The third kappa shape index (κ3) is 3.56. The quantitative estimate of drug-likeness (QED) is 0.803. The maximum Gasteiger partial charge on any atom is 0.406 e. The monoisotopic (exact) mass is 352 g/mol. The summed E-state index contributed by atoms with van der Waals surface area (Å²) in [4.78, 5) is 13.3. The Bertz CT molecular complexity index is 506. The van der Waals surface area contributed by atoms with Gasteiger partial charge in [-0.1, -0.05) is 0 Å². The van der Waals surface area contributed by atoms with Crippen molar-refractivity contribution >= 4 is 21.8 Å². The zero-order chi connectivity index (χ0) is 15.1. The van der Waals surface area contributed by atoms with Crippen LogP contribution in [-0.2, 0) is 0 Å². The molecule has 0 radical (unpaired) electrons. The molecule has 0 saturated heterocycles. The van der Waals surface area contributed by atoms with E-state index in [4.69, 9.17) is 0 Å². The molecule has 1 heterocycles. The number of alkyl halides is 3. The number of rotatable bonds is 4. The standard InChI is InChI=1S/C13H16BrF3N2O/c1-8(2)19(7-13(15,16)17)12(20)11-5-9(14)6-18(11)10-3-4-10/h5-6,8,10H,3-4,7H2,1-2H3. The van der Waals surface area contributed by atoms with Crippen LogP contribution in [0.5, 0.6) is 0 Å². The van der Waals surface area contributed by atoms with Crippen molar-refractivity contribution in [2.24, 2.45) is 0 Å². The molecular formula is C13H16BrF3N2O. The molecule has 1 fully saturated rings. The van der Waals surface area contributed by atoms with Crippen LogP contribution in [0.25, 0.3) is 0 Å². The first kappa shape index (κ1) is 15.4. The Morgan fingerprint density at radius 2 is 2.10 bits per heavy atom. The maximum absolute atomic E-state index is 12.6. The van der Waals surface area contributed by atoms with E-state index in [0.717, 1.165) is 17.7 Å². The van der Waals surface area contributed by atoms with Gasteiger partial charge in [-0.3, -0.25) is 4.79 Å². The molecule has 2 rings (SSSR count). The molecule has 3 nitrogen and oxygen atoms in total. The molecule has 20 heavy (non-hydrogen) atoms. The molecule has 0 N–H and O–H groups in total. The molecule has 0 aliphatic heterocycles. The van der Waals surface area contributed by atoms with E-state index in [1.807, 2.05) is 0 Å². The average Bonchev–Trinajstić information content (AvgIpc) is 3.07. The van der Waals surface area contributed by atoms with Crippen molar-refractivity contribution < 1.29 is 18.0 Å². The number of nitrogens with zero attached hydrogens (tertiary/aromatic N) is 2. The second kappa shape index (κ2) is 5.42. The fourth-order valence-electron chi connectivity index (χ4n) is 2.10. The summed E-state index contributed by atoms with van der Waals surface area (Å²) in [5.41, 5.74) is 0.317. The minimum Gasteiger partial charge on any atom is -0.339 e. The normalized spacial score (nSPS) is 15.8. The van der Waals surface area contributed by atoms with Crippen LogP contribution >= 0.6 is 15.9 Å². The molecule has 0 spiro atoms. The summed E-state index contributed by atoms with van der Waals surface area (Å²) in [5, 5.41) is 0. The zero-order valence-electron chi connectivity index (χ0n) is 11.2. The number of amides is 1. The maximum atomic E-state index is 12.6. The van der Waals surface area contributed by atoms with Crippen LogP contribution in [0, 0.1) is 0 Å². The predicted molar refractivity (Wildman–Crippen MR) is 72.6 cm³/mol. The summed E-state index contributed by atoms with van der Waals surface area (Å²) in [6, 6.07) is 1.32. The number of halogens is 4. The van der Waals surface area contributed by atoms with Crippen LogP contribution in [0.1, 0.15) is 43.2 Å². The van der Waals surface area contributed by atoms with Crippen LogP contribution in [0.2, 0.25) is 0 Å². The van der Waals surface area contributed by atoms with Gasteiger partial charge < -0.3 is 9.47 Å². The highest BCUT2D eigenvalue weighted by Crippen LogP contribution is 2.38. The lowest BCUT2D eigenvalue weighted by atomic mass is 10.2. The second-order valence-corrected chi connectivity index (χ2v) is 6.24. The fourth-order valence-corrected chi connectivity index (χ4v) is 2.54. The Balaban J connectivity index is 2.27. The lowest BCUT2D eigenvalue weighted by Crippen LogP contribution is -2.43. The first-order valence-corrected chi connectivity index (χ1v) is 7.23. The van der Waals surface area contributed by atoms with E-state index in [1.165, 1.54) is 0 Å². The summed E-state index contributed by atoms with van der Waals surface area (Å²) in [6.45, 7) is 1.95. The molecule has 1 aliphatic rings. The van der Waals surface area contributed by atoms with Gasteiger partial charge in [-0.05, 0) is 48.7 Å². The van der Waals surface area contributed by atoms with E-state index in [9.17, 15) is 18.0 Å². The summed E-state index contributed by atoms with van der Waals surface area (Å²) >= 11 is 3.28. The van der Waals surface area contributed by atoms with Gasteiger partial charge in [-0.25, -0.2) is 0 Å². The van der Waals surface area contributed by atoms with Gasteiger partial charge in [0.05, 0.1) is 0 Å². The van der Waals surface area contributed by atoms with Gasteiger partial charge in [0.25, 0.3) is 5.91 Å². The van der Waals surface area contributed by atoms with E-state index in [-0.39, 0.29) is 6.04 Å². The van der Waals surface area contributed by atoms with Crippen LogP contribution in [0.4, 0.5) is 13.2 Å². The molecule has 1 aliphatic carbocycles. The number of hydrogen-bond acceptors (Lipinski definition) is 1. The lowest BCUT2D eigenvalue weighted by molar-refractivity contribution is -0.143. The van der Waals surface area contributed by atoms with Gasteiger partial charge in [-0.15, -0.1) is 0 Å². The fraction of sp³-hybridized carbons (Fsp3) is 0.615. The molecule has 0 aromatic carbocycles. The molecule has 0 bridgehead atoms. The third-order valence-corrected chi connectivity index (χ3v) is 3.64. The highest BCUT2D eigenvalue weighted by molar-refractivity contribution is 9.10. The summed E-state index contributed by atoms with van der Waals surface area (Å²) in [6.07, 6.45) is -0.712. The van der Waals surface area contributed by atoms with Crippen molar-refractivity contribution in [3.63, 3.8) is 0 Å². The van der Waals surface area contributed by atoms with Gasteiger partial charge in [0.2, 0.25) is 0 Å². The van der Waals surface area contributed by atoms with Crippen molar-refractivity contribution in [2.45, 2.75) is 44.9 Å². The van der Waals surface area contributed by atoms with Crippen molar-refractivity contribution in [2.75, 3.05) is 6.54 Å². The van der Waals surface area contributed by atoms with Gasteiger partial charge in [0.15, 0.2) is 0 Å². The van der Waals surface area contributed by atoms with E-state index < -0.39 is 24.7 Å². The average molecular weight is 353 g/mol. The summed E-state index contributed by atoms with van der Waals surface area (Å²) in [5.74, 6) is -0.574. The van der Waals surface area contributed by atoms with Gasteiger partial charge in [0.1, 0.15) is 12.2 Å². The van der Waals surface area contributed by atoms with E-state index in [1.54, 1.807) is 30.7 Å². The summed E-state index contributed by atoms with van der Waals surface area (Å²) in [7, 11) is 0. The lowest BCUT2D eigenvalue weighted by Gasteiger charge is -2.28. The minimum absolute atomic E-state index is 0.236. The molecule has 0 unspecified atom stereocenters. The molecule has 1 aromatic heterocycles. The van der Waals surface area contributed by atoms with Gasteiger partial charge in [0, 0.05) is 22.8 Å². The molecule has 1 saturated carbocycles. The van der Waals surface area contributed by atoms with Crippen LogP contribution in [0.15, 0.2) is 16.7 Å². The Labute approximate surface area is 123 Å². The molecular weight excluding hydrogens is 337 g/mol. The number of aromatic nitrogens is 1. The van der Waals surface area contributed by atoms with E-state index >= 15 is 0 Å². The molecule has 7 heteroatoms. The smallest absolute Gasteiger partial charge is 0.339 e. The summed E-state index contributed by atoms with van der Waals surface area (Å²) < 4.78 is 40.3. The molecule has 1 amide bonds. The van der Waals surface area contributed by atoms with E-state index in [2.05, 4.69) is 15.9 Å². The van der Waals surface area contributed by atoms with Crippen LogP contribution < -0.4 is 0 Å². The number of carbonyl (C=O) groups excluding carboxylic acids is 1. The van der Waals surface area contributed by atoms with Gasteiger partial charge >= 0.3 is 6.18 Å². The van der Waals surface area contributed by atoms with Crippen LogP contribution in [0.3, 0.4) is 0 Å². The highest BCUT2D eigenvalue weighted by Gasteiger charge is 2.36. The Morgan fingerprint density at radius 1 is 1.50 bits per heavy atom. The molecule has 112 valence electrons. The van der Waals surface area contributed by atoms with Crippen molar-refractivity contribution in [1.82, 2.24) is 9.47 Å².